The summed E-state index contributed by atoms with van der Waals surface area (Å²) in [5.74, 6) is 0.828. The molecule has 3 aromatic carbocycles. The van der Waals surface area contributed by atoms with E-state index in [4.69, 9.17) is 16.3 Å². The first-order valence-corrected chi connectivity index (χ1v) is 8.99. The second-order valence-corrected chi connectivity index (χ2v) is 6.52. The number of hydrogen-bond acceptors (Lipinski definition) is 3. The number of hydrogen-bond donors (Lipinski definition) is 2. The Bertz CT molecular complexity index is 823. The molecule has 0 unspecified atom stereocenters. The minimum Gasteiger partial charge on any atom is -0.489 e. The molecule has 0 saturated heterocycles. The van der Waals surface area contributed by atoms with E-state index in [1.807, 2.05) is 78.9 Å². The Labute approximate surface area is 159 Å². The fraction of sp³-hybridized carbons (Fsp3) is 0.182. The Balaban J connectivity index is 1.55. The highest BCUT2D eigenvalue weighted by Gasteiger charge is 2.08. The van der Waals surface area contributed by atoms with Gasteiger partial charge in [-0.05, 0) is 29.3 Å². The van der Waals surface area contributed by atoms with Crippen molar-refractivity contribution in [3.8, 4) is 5.75 Å². The van der Waals surface area contributed by atoms with E-state index >= 15 is 0 Å². The summed E-state index contributed by atoms with van der Waals surface area (Å²) in [6.45, 7) is 1.56. The highest BCUT2D eigenvalue weighted by atomic mass is 35.5. The van der Waals surface area contributed by atoms with Crippen molar-refractivity contribution in [2.45, 2.75) is 19.3 Å². The summed E-state index contributed by atoms with van der Waals surface area (Å²) in [6.07, 6.45) is -0.532. The zero-order chi connectivity index (χ0) is 18.2. The van der Waals surface area contributed by atoms with E-state index in [9.17, 15) is 5.11 Å². The molecule has 0 amide bonds. The van der Waals surface area contributed by atoms with Crippen molar-refractivity contribution < 1.29 is 9.84 Å². The van der Waals surface area contributed by atoms with E-state index in [0.29, 0.717) is 24.7 Å². The lowest BCUT2D eigenvalue weighted by Gasteiger charge is -2.15. The van der Waals surface area contributed by atoms with Gasteiger partial charge in [0.2, 0.25) is 0 Å². The number of benzene rings is 3. The predicted octanol–water partition coefficient (Wildman–Crippen LogP) is 4.74. The van der Waals surface area contributed by atoms with Crippen LogP contribution in [0.2, 0.25) is 5.02 Å². The molecule has 26 heavy (non-hydrogen) atoms. The highest BCUT2D eigenvalue weighted by Crippen LogP contribution is 2.20. The summed E-state index contributed by atoms with van der Waals surface area (Å²) < 4.78 is 5.96. The molecule has 3 aromatic rings. The van der Waals surface area contributed by atoms with Gasteiger partial charge in [-0.15, -0.1) is 0 Å². The van der Waals surface area contributed by atoms with Gasteiger partial charge >= 0.3 is 0 Å². The SMILES string of the molecule is O[C@H](CNCc1ccccc1OCc1cccc(Cl)c1)c1ccccc1. The van der Waals surface area contributed by atoms with Gasteiger partial charge in [0.15, 0.2) is 0 Å². The summed E-state index contributed by atoms with van der Waals surface area (Å²) >= 11 is 6.02. The number of halogens is 1. The Hall–Kier alpha value is -2.33. The van der Waals surface area contributed by atoms with E-state index in [-0.39, 0.29) is 0 Å². The van der Waals surface area contributed by atoms with Gasteiger partial charge < -0.3 is 15.2 Å². The van der Waals surface area contributed by atoms with Crippen LogP contribution in [0.4, 0.5) is 0 Å². The normalized spacial score (nSPS) is 11.9. The van der Waals surface area contributed by atoms with Crippen LogP contribution in [-0.2, 0) is 13.2 Å². The van der Waals surface area contributed by atoms with Gasteiger partial charge in [0.05, 0.1) is 6.10 Å². The van der Waals surface area contributed by atoms with Crippen molar-refractivity contribution in [1.29, 1.82) is 0 Å². The van der Waals surface area contributed by atoms with Crippen molar-refractivity contribution in [3.63, 3.8) is 0 Å². The molecular formula is C22H22ClNO2. The third-order valence-electron chi connectivity index (χ3n) is 4.09. The van der Waals surface area contributed by atoms with Crippen molar-refractivity contribution in [2.75, 3.05) is 6.54 Å². The molecule has 2 N–H and O–H groups in total. The molecule has 3 nitrogen and oxygen atoms in total. The first-order chi connectivity index (χ1) is 12.7. The fourth-order valence-corrected chi connectivity index (χ4v) is 2.93. The first kappa shape index (κ1) is 18.5. The standard InChI is InChI=1S/C22H22ClNO2/c23-20-11-6-7-17(13-20)16-26-22-12-5-4-10-19(22)14-24-15-21(25)18-8-2-1-3-9-18/h1-13,21,24-25H,14-16H2/t21-/m1/s1. The number of nitrogens with one attached hydrogen (secondary N) is 1. The topological polar surface area (TPSA) is 41.5 Å². The molecule has 0 bridgehead atoms. The molecule has 3 rings (SSSR count). The third-order valence-corrected chi connectivity index (χ3v) is 4.33. The number of rotatable bonds is 8. The van der Waals surface area contributed by atoms with Gasteiger partial charge in [-0.3, -0.25) is 0 Å². The smallest absolute Gasteiger partial charge is 0.124 e. The van der Waals surface area contributed by atoms with Crippen molar-refractivity contribution in [1.82, 2.24) is 5.32 Å². The van der Waals surface area contributed by atoms with Crippen LogP contribution in [0.1, 0.15) is 22.8 Å². The minimum absolute atomic E-state index is 0.463. The Morgan fingerprint density at radius 1 is 0.923 bits per heavy atom. The maximum absolute atomic E-state index is 10.2. The van der Waals surface area contributed by atoms with E-state index in [1.54, 1.807) is 0 Å². The van der Waals surface area contributed by atoms with Crippen molar-refractivity contribution >= 4 is 11.6 Å². The summed E-state index contributed by atoms with van der Waals surface area (Å²) in [5, 5.41) is 14.2. The quantitative estimate of drug-likeness (QED) is 0.604. The van der Waals surface area contributed by atoms with Crippen LogP contribution in [-0.4, -0.2) is 11.7 Å². The van der Waals surface area contributed by atoms with Crippen LogP contribution in [0.15, 0.2) is 78.9 Å². The monoisotopic (exact) mass is 367 g/mol. The maximum atomic E-state index is 10.2. The van der Waals surface area contributed by atoms with Crippen LogP contribution in [0.25, 0.3) is 0 Å². The van der Waals surface area contributed by atoms with Crippen LogP contribution < -0.4 is 10.1 Å². The van der Waals surface area contributed by atoms with Crippen molar-refractivity contribution in [2.24, 2.45) is 0 Å². The minimum atomic E-state index is -0.532. The summed E-state index contributed by atoms with van der Waals surface area (Å²) in [4.78, 5) is 0. The van der Waals surface area contributed by atoms with Crippen LogP contribution >= 0.6 is 11.6 Å². The molecule has 0 aliphatic heterocycles. The van der Waals surface area contributed by atoms with E-state index in [0.717, 1.165) is 22.4 Å². The average molecular weight is 368 g/mol. The number of aliphatic hydroxyl groups excluding tert-OH is 1. The molecule has 4 heteroatoms. The maximum Gasteiger partial charge on any atom is 0.124 e. The second-order valence-electron chi connectivity index (χ2n) is 6.08. The largest absolute Gasteiger partial charge is 0.489 e. The van der Waals surface area contributed by atoms with Crippen LogP contribution in [0.5, 0.6) is 5.75 Å². The molecule has 0 aromatic heterocycles. The second kappa shape index (κ2) is 9.39. The average Bonchev–Trinajstić information content (AvgIpc) is 2.68. The van der Waals surface area contributed by atoms with E-state index in [1.165, 1.54) is 0 Å². The summed E-state index contributed by atoms with van der Waals surface area (Å²) in [7, 11) is 0. The molecule has 0 heterocycles. The highest BCUT2D eigenvalue weighted by molar-refractivity contribution is 6.30. The van der Waals surface area contributed by atoms with Gasteiger partial charge in [-0.1, -0.05) is 72.3 Å². The zero-order valence-corrected chi connectivity index (χ0v) is 15.2. The summed E-state index contributed by atoms with van der Waals surface area (Å²) in [5.41, 5.74) is 2.99. The molecule has 0 spiro atoms. The molecule has 0 fully saturated rings. The van der Waals surface area contributed by atoms with Crippen LogP contribution in [0, 0.1) is 0 Å². The van der Waals surface area contributed by atoms with E-state index in [2.05, 4.69) is 5.32 Å². The van der Waals surface area contributed by atoms with E-state index < -0.39 is 6.10 Å². The van der Waals surface area contributed by atoms with Crippen LogP contribution in [0.3, 0.4) is 0 Å². The van der Waals surface area contributed by atoms with Crippen molar-refractivity contribution in [3.05, 3.63) is 101 Å². The van der Waals surface area contributed by atoms with Gasteiger partial charge in [0.25, 0.3) is 0 Å². The fourth-order valence-electron chi connectivity index (χ4n) is 2.72. The number of ether oxygens (including phenoxy) is 1. The lowest BCUT2D eigenvalue weighted by atomic mass is 10.1. The molecule has 0 radical (unpaired) electrons. The van der Waals surface area contributed by atoms with Gasteiger partial charge in [0, 0.05) is 23.7 Å². The van der Waals surface area contributed by atoms with Gasteiger partial charge in [-0.2, -0.15) is 0 Å². The summed E-state index contributed by atoms with van der Waals surface area (Å²) in [6, 6.07) is 25.2. The first-order valence-electron chi connectivity index (χ1n) is 8.61. The lowest BCUT2D eigenvalue weighted by molar-refractivity contribution is 0.174. The molecule has 1 atom stereocenters. The number of aliphatic hydroxyl groups is 1. The molecule has 0 aliphatic rings. The molecule has 0 aliphatic carbocycles. The molecule has 0 saturated carbocycles. The Kier molecular flexibility index (Phi) is 6.67. The Morgan fingerprint density at radius 3 is 2.50 bits per heavy atom. The molecular weight excluding hydrogens is 346 g/mol. The third kappa shape index (κ3) is 5.33. The number of para-hydroxylation sites is 1. The molecule has 134 valence electrons. The Morgan fingerprint density at radius 2 is 1.69 bits per heavy atom. The zero-order valence-electron chi connectivity index (χ0n) is 14.4. The van der Waals surface area contributed by atoms with Gasteiger partial charge in [-0.25, -0.2) is 0 Å². The predicted molar refractivity (Wildman–Crippen MR) is 105 cm³/mol. The van der Waals surface area contributed by atoms with Gasteiger partial charge in [0.1, 0.15) is 12.4 Å². The lowest BCUT2D eigenvalue weighted by Crippen LogP contribution is -2.21.